The lowest BCUT2D eigenvalue weighted by molar-refractivity contribution is -0.119. The van der Waals surface area contributed by atoms with E-state index >= 15 is 0 Å². The van der Waals surface area contributed by atoms with Crippen molar-refractivity contribution in [2.24, 2.45) is 0 Å². The van der Waals surface area contributed by atoms with E-state index in [9.17, 15) is 13.2 Å². The molecule has 3 aromatic carbocycles. The first-order chi connectivity index (χ1) is 16.5. The second kappa shape index (κ2) is 12.1. The van der Waals surface area contributed by atoms with Crippen molar-refractivity contribution in [3.63, 3.8) is 0 Å². The van der Waals surface area contributed by atoms with E-state index in [1.165, 1.54) is 12.1 Å². The second-order valence-corrected chi connectivity index (χ2v) is 9.35. The number of sulfonamides is 1. The number of rotatable bonds is 12. The average Bonchev–Trinajstić information content (AvgIpc) is 2.86. The van der Waals surface area contributed by atoms with E-state index in [-0.39, 0.29) is 11.4 Å². The van der Waals surface area contributed by atoms with Gasteiger partial charge >= 0.3 is 0 Å². The van der Waals surface area contributed by atoms with E-state index in [4.69, 9.17) is 9.47 Å². The molecule has 0 aliphatic heterocycles. The molecule has 7 nitrogen and oxygen atoms in total. The molecular weight excluding hydrogens is 452 g/mol. The van der Waals surface area contributed by atoms with Crippen molar-refractivity contribution in [1.82, 2.24) is 5.32 Å². The summed E-state index contributed by atoms with van der Waals surface area (Å²) in [6.07, 6.45) is 1.41. The molecule has 0 saturated heterocycles. The lowest BCUT2D eigenvalue weighted by Gasteiger charge is -2.26. The fourth-order valence-corrected chi connectivity index (χ4v) is 5.02. The number of hydrogen-bond acceptors (Lipinski definition) is 5. The highest BCUT2D eigenvalue weighted by Gasteiger charge is 2.29. The summed E-state index contributed by atoms with van der Waals surface area (Å²) in [5.74, 6) is 0.806. The summed E-state index contributed by atoms with van der Waals surface area (Å²) < 4.78 is 39.1. The van der Waals surface area contributed by atoms with Crippen LogP contribution in [0.2, 0.25) is 0 Å². The summed E-state index contributed by atoms with van der Waals surface area (Å²) in [5, 5.41) is 2.84. The summed E-state index contributed by atoms with van der Waals surface area (Å²) >= 11 is 0. The smallest absolute Gasteiger partial charge is 0.264 e. The molecule has 0 atom stereocenters. The van der Waals surface area contributed by atoms with Gasteiger partial charge < -0.3 is 14.8 Å². The van der Waals surface area contributed by atoms with Crippen LogP contribution in [-0.4, -0.2) is 41.1 Å². The van der Waals surface area contributed by atoms with Crippen molar-refractivity contribution in [2.45, 2.75) is 24.7 Å². The van der Waals surface area contributed by atoms with Crippen LogP contribution in [-0.2, 0) is 21.2 Å². The first-order valence-corrected chi connectivity index (χ1v) is 12.6. The van der Waals surface area contributed by atoms with Gasteiger partial charge in [0.1, 0.15) is 18.0 Å². The van der Waals surface area contributed by atoms with E-state index in [0.29, 0.717) is 31.0 Å². The molecular formula is C26H30N2O5S. The lowest BCUT2D eigenvalue weighted by atomic mass is 10.1. The fraction of sp³-hybridized carbons (Fsp3) is 0.269. The Morgan fingerprint density at radius 1 is 0.912 bits per heavy atom. The van der Waals surface area contributed by atoms with Crippen LogP contribution in [0.5, 0.6) is 11.5 Å². The maximum absolute atomic E-state index is 13.5. The number of ether oxygens (including phenoxy) is 2. The van der Waals surface area contributed by atoms with Crippen molar-refractivity contribution in [1.29, 1.82) is 0 Å². The zero-order valence-electron chi connectivity index (χ0n) is 19.4. The van der Waals surface area contributed by atoms with Crippen LogP contribution in [0.3, 0.4) is 0 Å². The Kier molecular flexibility index (Phi) is 8.93. The van der Waals surface area contributed by atoms with Gasteiger partial charge in [-0.1, -0.05) is 48.5 Å². The zero-order chi connectivity index (χ0) is 24.4. The molecule has 3 aromatic rings. The third kappa shape index (κ3) is 6.29. The SMILES string of the molecule is CCOc1ccccc1N(CC(=O)NCCCc1ccccc1OC)S(=O)(=O)c1ccccc1. The number of benzene rings is 3. The number of methoxy groups -OCH3 is 1. The van der Waals surface area contributed by atoms with Gasteiger partial charge in [-0.2, -0.15) is 0 Å². The highest BCUT2D eigenvalue weighted by Crippen LogP contribution is 2.32. The van der Waals surface area contributed by atoms with E-state index in [0.717, 1.165) is 22.0 Å². The maximum atomic E-state index is 13.5. The van der Waals surface area contributed by atoms with Crippen LogP contribution < -0.4 is 19.1 Å². The van der Waals surface area contributed by atoms with Crippen molar-refractivity contribution < 1.29 is 22.7 Å². The van der Waals surface area contributed by atoms with E-state index in [2.05, 4.69) is 5.32 Å². The molecule has 180 valence electrons. The molecule has 0 aliphatic carbocycles. The quantitative estimate of drug-likeness (QED) is 0.394. The standard InChI is InChI=1S/C26H30N2O5S/c1-3-33-25-18-10-8-16-23(25)28(34(30,31)22-14-5-4-6-15-22)20-26(29)27-19-11-13-21-12-7-9-17-24(21)32-2/h4-10,12,14-18H,3,11,13,19-20H2,1-2H3,(H,27,29). The molecule has 0 aromatic heterocycles. The van der Waals surface area contributed by atoms with Crippen molar-refractivity contribution >= 4 is 21.6 Å². The Hall–Kier alpha value is -3.52. The Morgan fingerprint density at radius 2 is 1.56 bits per heavy atom. The van der Waals surface area contributed by atoms with Gasteiger partial charge in [-0.15, -0.1) is 0 Å². The Bertz CT molecular complexity index is 1180. The summed E-state index contributed by atoms with van der Waals surface area (Å²) in [5.41, 5.74) is 1.37. The van der Waals surface area contributed by atoms with Gasteiger partial charge in [0.05, 0.1) is 24.3 Å². The molecule has 0 unspecified atom stereocenters. The van der Waals surface area contributed by atoms with Crippen molar-refractivity contribution in [2.75, 3.05) is 31.1 Å². The van der Waals surface area contributed by atoms with E-state index < -0.39 is 15.9 Å². The highest BCUT2D eigenvalue weighted by molar-refractivity contribution is 7.92. The number of carbonyl (C=O) groups is 1. The molecule has 0 bridgehead atoms. The molecule has 0 fully saturated rings. The van der Waals surface area contributed by atoms with E-state index in [1.54, 1.807) is 49.6 Å². The Balaban J connectivity index is 1.75. The predicted octanol–water partition coefficient (Wildman–Crippen LogP) is 4.04. The number of nitrogens with zero attached hydrogens (tertiary/aromatic N) is 1. The molecule has 0 heterocycles. The minimum Gasteiger partial charge on any atom is -0.496 e. The van der Waals surface area contributed by atoms with Crippen molar-refractivity contribution in [3.05, 3.63) is 84.4 Å². The largest absolute Gasteiger partial charge is 0.496 e. The summed E-state index contributed by atoms with van der Waals surface area (Å²) in [6.45, 7) is 2.23. The third-order valence-electron chi connectivity index (χ3n) is 5.19. The van der Waals surface area contributed by atoms with Crippen LogP contribution in [0.4, 0.5) is 5.69 Å². The minimum atomic E-state index is -4.00. The monoisotopic (exact) mass is 482 g/mol. The topological polar surface area (TPSA) is 84.9 Å². The molecule has 0 aliphatic rings. The number of hydrogen-bond donors (Lipinski definition) is 1. The molecule has 8 heteroatoms. The van der Waals surface area contributed by atoms with Gasteiger partial charge in [0, 0.05) is 6.54 Å². The molecule has 0 saturated carbocycles. The van der Waals surface area contributed by atoms with Gasteiger partial charge in [-0.3, -0.25) is 9.10 Å². The first kappa shape index (κ1) is 25.1. The molecule has 1 amide bonds. The van der Waals surface area contributed by atoms with Crippen LogP contribution >= 0.6 is 0 Å². The van der Waals surface area contributed by atoms with Crippen LogP contribution in [0.25, 0.3) is 0 Å². The number of amides is 1. The molecule has 34 heavy (non-hydrogen) atoms. The molecule has 3 rings (SSSR count). The zero-order valence-corrected chi connectivity index (χ0v) is 20.3. The second-order valence-electron chi connectivity index (χ2n) is 7.49. The average molecular weight is 483 g/mol. The number of aryl methyl sites for hydroxylation is 1. The van der Waals surface area contributed by atoms with Crippen LogP contribution in [0.15, 0.2) is 83.8 Å². The number of anilines is 1. The van der Waals surface area contributed by atoms with Gasteiger partial charge in [0.2, 0.25) is 5.91 Å². The predicted molar refractivity (Wildman–Crippen MR) is 133 cm³/mol. The normalized spacial score (nSPS) is 11.0. The fourth-order valence-electron chi connectivity index (χ4n) is 3.56. The maximum Gasteiger partial charge on any atom is 0.264 e. The molecule has 0 radical (unpaired) electrons. The van der Waals surface area contributed by atoms with Crippen LogP contribution in [0.1, 0.15) is 18.9 Å². The third-order valence-corrected chi connectivity index (χ3v) is 6.96. The number of nitrogens with one attached hydrogen (secondary N) is 1. The van der Waals surface area contributed by atoms with Crippen molar-refractivity contribution in [3.8, 4) is 11.5 Å². The Labute approximate surface area is 201 Å². The Morgan fingerprint density at radius 3 is 2.26 bits per heavy atom. The van der Waals surface area contributed by atoms with Gasteiger partial charge in [0.15, 0.2) is 0 Å². The van der Waals surface area contributed by atoms with Gasteiger partial charge in [-0.25, -0.2) is 8.42 Å². The number of para-hydroxylation sites is 3. The van der Waals surface area contributed by atoms with Crippen LogP contribution in [0, 0.1) is 0 Å². The highest BCUT2D eigenvalue weighted by atomic mass is 32.2. The molecule has 1 N–H and O–H groups in total. The molecule has 0 spiro atoms. The van der Waals surface area contributed by atoms with Gasteiger partial charge in [0.25, 0.3) is 10.0 Å². The minimum absolute atomic E-state index is 0.102. The summed E-state index contributed by atoms with van der Waals surface area (Å²) in [6, 6.07) is 22.6. The van der Waals surface area contributed by atoms with Gasteiger partial charge in [-0.05, 0) is 55.7 Å². The summed E-state index contributed by atoms with van der Waals surface area (Å²) in [7, 11) is -2.37. The lowest BCUT2D eigenvalue weighted by Crippen LogP contribution is -2.41. The van der Waals surface area contributed by atoms with E-state index in [1.807, 2.05) is 31.2 Å². The summed E-state index contributed by atoms with van der Waals surface area (Å²) in [4.78, 5) is 12.9. The number of carbonyl (C=O) groups excluding carboxylic acids is 1. The first-order valence-electron chi connectivity index (χ1n) is 11.2.